The van der Waals surface area contributed by atoms with Crippen LogP contribution in [0.1, 0.15) is 11.1 Å². The highest BCUT2D eigenvalue weighted by Gasteiger charge is 2.18. The van der Waals surface area contributed by atoms with Gasteiger partial charge in [0.2, 0.25) is 9.84 Å². The minimum absolute atomic E-state index is 0.196. The van der Waals surface area contributed by atoms with E-state index in [0.29, 0.717) is 23.0 Å². The molecule has 37 heavy (non-hydrogen) atoms. The maximum atomic E-state index is 13.1. The molecule has 0 fully saturated rings. The highest BCUT2D eigenvalue weighted by Crippen LogP contribution is 2.29. The second kappa shape index (κ2) is 10.3. The molecule has 0 aliphatic heterocycles. The van der Waals surface area contributed by atoms with E-state index >= 15 is 0 Å². The molecule has 5 aromatic carbocycles. The summed E-state index contributed by atoms with van der Waals surface area (Å²) in [5.41, 5.74) is 4.60. The predicted molar refractivity (Wildman–Crippen MR) is 146 cm³/mol. The number of benzene rings is 5. The topological polar surface area (TPSA) is 52.6 Å². The highest BCUT2D eigenvalue weighted by molar-refractivity contribution is 7.91. The molecule has 0 aromatic heterocycles. The lowest BCUT2D eigenvalue weighted by Gasteiger charge is -2.10. The molecule has 0 aliphatic rings. The van der Waals surface area contributed by atoms with Gasteiger partial charge in [0.25, 0.3) is 0 Å². The summed E-state index contributed by atoms with van der Waals surface area (Å²) >= 11 is 0. The van der Waals surface area contributed by atoms with Crippen molar-refractivity contribution < 1.29 is 17.9 Å². The van der Waals surface area contributed by atoms with Crippen molar-refractivity contribution in [2.24, 2.45) is 0 Å². The number of hydrogen-bond acceptors (Lipinski definition) is 4. The van der Waals surface area contributed by atoms with Gasteiger partial charge in [-0.1, -0.05) is 59.7 Å². The molecule has 0 atom stereocenters. The summed E-state index contributed by atoms with van der Waals surface area (Å²) in [6, 6.07) is 36.7. The first kappa shape index (κ1) is 24.3. The minimum atomic E-state index is -3.67. The molecular weight excluding hydrogens is 480 g/mol. The van der Waals surface area contributed by atoms with Crippen molar-refractivity contribution in [3.05, 3.63) is 132 Å². The zero-order valence-corrected chi connectivity index (χ0v) is 21.4. The van der Waals surface area contributed by atoms with Gasteiger partial charge in [-0.3, -0.25) is 0 Å². The van der Waals surface area contributed by atoms with Gasteiger partial charge < -0.3 is 9.47 Å². The average molecular weight is 507 g/mol. The Kier molecular flexibility index (Phi) is 6.80. The summed E-state index contributed by atoms with van der Waals surface area (Å²) in [4.78, 5) is 0.394. The number of hydrogen-bond donors (Lipinski definition) is 0. The zero-order chi connectivity index (χ0) is 25.8. The molecule has 0 heterocycles. The summed E-state index contributed by atoms with van der Waals surface area (Å²) < 4.78 is 38.0. The van der Waals surface area contributed by atoms with Crippen molar-refractivity contribution in [3.63, 3.8) is 0 Å². The third-order valence-electron chi connectivity index (χ3n) is 6.00. The standard InChI is InChI=1S/C32H26O4S/c1-23-3-7-25(8-4-23)26-9-13-28(14-10-26)36-30-17-21-32(22-18-30)37(33,34)31-19-15-29(16-20-31)35-27-11-5-24(2)6-12-27/h3-22H,1-2H3. The Labute approximate surface area is 217 Å². The van der Waals surface area contributed by atoms with Crippen LogP contribution < -0.4 is 9.47 Å². The van der Waals surface area contributed by atoms with E-state index in [0.717, 1.165) is 16.7 Å². The molecule has 0 bridgehead atoms. The molecule has 4 nitrogen and oxygen atoms in total. The Morgan fingerprint density at radius 2 is 0.676 bits per heavy atom. The third-order valence-corrected chi connectivity index (χ3v) is 7.79. The van der Waals surface area contributed by atoms with Crippen molar-refractivity contribution in [1.82, 2.24) is 0 Å². The van der Waals surface area contributed by atoms with E-state index < -0.39 is 9.84 Å². The van der Waals surface area contributed by atoms with Crippen LogP contribution in [-0.2, 0) is 9.84 Å². The number of ether oxygens (including phenoxy) is 2. The van der Waals surface area contributed by atoms with E-state index in [1.807, 2.05) is 55.5 Å². The first-order chi connectivity index (χ1) is 17.9. The minimum Gasteiger partial charge on any atom is -0.457 e. The van der Waals surface area contributed by atoms with E-state index in [9.17, 15) is 8.42 Å². The molecule has 0 spiro atoms. The Balaban J connectivity index is 1.25. The molecule has 0 aliphatic carbocycles. The molecule has 5 rings (SSSR count). The van der Waals surface area contributed by atoms with Crippen molar-refractivity contribution in [2.75, 3.05) is 0 Å². The Hall–Kier alpha value is -4.35. The van der Waals surface area contributed by atoms with Gasteiger partial charge in [-0.2, -0.15) is 0 Å². The monoisotopic (exact) mass is 506 g/mol. The molecule has 0 radical (unpaired) electrons. The number of aryl methyl sites for hydroxylation is 2. The quantitative estimate of drug-likeness (QED) is 0.222. The van der Waals surface area contributed by atoms with Crippen LogP contribution in [0.3, 0.4) is 0 Å². The van der Waals surface area contributed by atoms with Crippen LogP contribution in [0.15, 0.2) is 131 Å². The Morgan fingerprint density at radius 3 is 1.05 bits per heavy atom. The van der Waals surface area contributed by atoms with Crippen LogP contribution in [0.5, 0.6) is 23.0 Å². The summed E-state index contributed by atoms with van der Waals surface area (Å²) in [6.07, 6.45) is 0. The summed E-state index contributed by atoms with van der Waals surface area (Å²) in [5, 5.41) is 0. The molecule has 0 N–H and O–H groups in total. The van der Waals surface area contributed by atoms with E-state index in [-0.39, 0.29) is 9.79 Å². The fraction of sp³-hybridized carbons (Fsp3) is 0.0625. The summed E-state index contributed by atoms with van der Waals surface area (Å²) in [7, 11) is -3.67. The van der Waals surface area contributed by atoms with Gasteiger partial charge in [-0.15, -0.1) is 0 Å². The maximum Gasteiger partial charge on any atom is 0.206 e. The number of rotatable bonds is 7. The average Bonchev–Trinajstić information content (AvgIpc) is 2.92. The maximum absolute atomic E-state index is 13.1. The first-order valence-electron chi connectivity index (χ1n) is 11.9. The second-order valence-corrected chi connectivity index (χ2v) is 10.8. The van der Waals surface area contributed by atoms with Gasteiger partial charge in [0.05, 0.1) is 9.79 Å². The van der Waals surface area contributed by atoms with Crippen molar-refractivity contribution in [1.29, 1.82) is 0 Å². The fourth-order valence-electron chi connectivity index (χ4n) is 3.85. The van der Waals surface area contributed by atoms with E-state index in [1.165, 1.54) is 5.56 Å². The second-order valence-electron chi connectivity index (χ2n) is 8.85. The van der Waals surface area contributed by atoms with Crippen LogP contribution in [0.2, 0.25) is 0 Å². The Bertz CT molecular complexity index is 1590. The molecule has 5 aromatic rings. The highest BCUT2D eigenvalue weighted by atomic mass is 32.2. The Morgan fingerprint density at radius 1 is 0.405 bits per heavy atom. The van der Waals surface area contributed by atoms with Gasteiger partial charge in [-0.25, -0.2) is 8.42 Å². The van der Waals surface area contributed by atoms with Gasteiger partial charge in [0, 0.05) is 0 Å². The van der Waals surface area contributed by atoms with Crippen molar-refractivity contribution >= 4 is 9.84 Å². The van der Waals surface area contributed by atoms with E-state index in [4.69, 9.17) is 9.47 Å². The van der Waals surface area contributed by atoms with Gasteiger partial charge >= 0.3 is 0 Å². The lowest BCUT2D eigenvalue weighted by molar-refractivity contribution is 0.482. The first-order valence-corrected chi connectivity index (χ1v) is 13.4. The van der Waals surface area contributed by atoms with Crippen molar-refractivity contribution in [3.8, 4) is 34.1 Å². The predicted octanol–water partition coefficient (Wildman–Crippen LogP) is 8.39. The van der Waals surface area contributed by atoms with E-state index in [2.05, 4.69) is 31.2 Å². The SMILES string of the molecule is Cc1ccc(Oc2ccc(S(=O)(=O)c3ccc(Oc4ccc(-c5ccc(C)cc5)cc4)cc3)cc2)cc1. The molecular formula is C32H26O4S. The zero-order valence-electron chi connectivity index (χ0n) is 20.6. The van der Waals surface area contributed by atoms with Gasteiger partial charge in [0.1, 0.15) is 23.0 Å². The van der Waals surface area contributed by atoms with Crippen LogP contribution in [-0.4, -0.2) is 8.42 Å². The molecule has 0 saturated carbocycles. The molecule has 5 heteroatoms. The molecule has 184 valence electrons. The van der Waals surface area contributed by atoms with Crippen LogP contribution in [0.25, 0.3) is 11.1 Å². The summed E-state index contributed by atoms with van der Waals surface area (Å²) in [6.45, 7) is 4.07. The van der Waals surface area contributed by atoms with Crippen LogP contribution in [0.4, 0.5) is 0 Å². The molecule has 0 unspecified atom stereocenters. The van der Waals surface area contributed by atoms with Crippen LogP contribution >= 0.6 is 0 Å². The van der Waals surface area contributed by atoms with Crippen molar-refractivity contribution in [2.45, 2.75) is 23.6 Å². The lowest BCUT2D eigenvalue weighted by Crippen LogP contribution is -2.01. The van der Waals surface area contributed by atoms with Gasteiger partial charge in [0.15, 0.2) is 0 Å². The largest absolute Gasteiger partial charge is 0.457 e. The molecule has 0 amide bonds. The smallest absolute Gasteiger partial charge is 0.206 e. The third kappa shape index (κ3) is 5.74. The number of sulfone groups is 1. The molecule has 0 saturated heterocycles. The fourth-order valence-corrected chi connectivity index (χ4v) is 5.11. The van der Waals surface area contributed by atoms with Crippen LogP contribution in [0, 0.1) is 13.8 Å². The lowest BCUT2D eigenvalue weighted by atomic mass is 10.0. The summed E-state index contributed by atoms with van der Waals surface area (Å²) in [5.74, 6) is 2.50. The normalized spacial score (nSPS) is 11.2. The van der Waals surface area contributed by atoms with Gasteiger partial charge in [-0.05, 0) is 97.8 Å². The van der Waals surface area contributed by atoms with E-state index in [1.54, 1.807) is 48.5 Å².